The maximum atomic E-state index is 11.3. The van der Waals surface area contributed by atoms with Gasteiger partial charge in [0.05, 0.1) is 0 Å². The van der Waals surface area contributed by atoms with E-state index < -0.39 is 9.84 Å². The molecule has 0 saturated heterocycles. The van der Waals surface area contributed by atoms with Gasteiger partial charge >= 0.3 is 5.22 Å². The van der Waals surface area contributed by atoms with Crippen molar-refractivity contribution < 1.29 is 12.8 Å². The Bertz CT molecular complexity index is 671. The highest BCUT2D eigenvalue weighted by Gasteiger charge is 2.17. The van der Waals surface area contributed by atoms with Crippen molar-refractivity contribution in [3.05, 3.63) is 29.8 Å². The zero-order valence-electron chi connectivity index (χ0n) is 11.8. The van der Waals surface area contributed by atoms with Gasteiger partial charge in [-0.1, -0.05) is 31.1 Å². The van der Waals surface area contributed by atoms with Crippen LogP contribution in [0.3, 0.4) is 0 Å². The van der Waals surface area contributed by atoms with Crippen molar-refractivity contribution in [3.8, 4) is 11.5 Å². The van der Waals surface area contributed by atoms with Gasteiger partial charge in [0.25, 0.3) is 0 Å². The van der Waals surface area contributed by atoms with Crippen molar-refractivity contribution in [2.45, 2.75) is 37.8 Å². The van der Waals surface area contributed by atoms with Crippen LogP contribution in [0.1, 0.15) is 38.2 Å². The average molecular weight is 294 g/mol. The first-order valence-corrected chi connectivity index (χ1v) is 8.48. The molecule has 1 aromatic heterocycles. The summed E-state index contributed by atoms with van der Waals surface area (Å²) in [4.78, 5) is 0. The number of benzene rings is 1. The molecule has 0 saturated carbocycles. The highest BCUT2D eigenvalue weighted by Crippen LogP contribution is 2.26. The maximum absolute atomic E-state index is 11.3. The molecule has 5 nitrogen and oxygen atoms in total. The van der Waals surface area contributed by atoms with E-state index in [0.29, 0.717) is 5.92 Å². The minimum atomic E-state index is -3.46. The summed E-state index contributed by atoms with van der Waals surface area (Å²) < 4.78 is 27.8. The second-order valence-electron chi connectivity index (χ2n) is 4.78. The summed E-state index contributed by atoms with van der Waals surface area (Å²) in [6.07, 6.45) is 3.23. The molecule has 2 aromatic rings. The molecule has 0 radical (unpaired) electrons. The number of aromatic nitrogens is 2. The second-order valence-corrected chi connectivity index (χ2v) is 6.67. The molecule has 6 heteroatoms. The van der Waals surface area contributed by atoms with E-state index in [2.05, 4.69) is 24.0 Å². The summed E-state index contributed by atoms with van der Waals surface area (Å²) in [7, 11) is -3.46. The van der Waals surface area contributed by atoms with Gasteiger partial charge in [0.2, 0.25) is 15.7 Å². The number of hydrogen-bond acceptors (Lipinski definition) is 5. The van der Waals surface area contributed by atoms with Crippen LogP contribution in [0.15, 0.2) is 33.9 Å². The molecule has 1 aromatic carbocycles. The zero-order chi connectivity index (χ0) is 14.8. The Balaban J connectivity index is 2.28. The van der Waals surface area contributed by atoms with Crippen molar-refractivity contribution in [1.82, 2.24) is 10.2 Å². The van der Waals surface area contributed by atoms with Crippen LogP contribution < -0.4 is 0 Å². The number of rotatable bonds is 5. The molecule has 0 unspecified atom stereocenters. The number of sulfone groups is 1. The average Bonchev–Trinajstić information content (AvgIpc) is 2.90. The van der Waals surface area contributed by atoms with Crippen LogP contribution in [0.5, 0.6) is 0 Å². The maximum Gasteiger partial charge on any atom is 0.335 e. The summed E-state index contributed by atoms with van der Waals surface area (Å²) in [5.74, 6) is 0.764. The first kappa shape index (κ1) is 14.7. The molecular weight excluding hydrogens is 276 g/mol. The molecule has 0 spiro atoms. The van der Waals surface area contributed by atoms with E-state index in [9.17, 15) is 8.42 Å². The minimum Gasteiger partial charge on any atom is -0.408 e. The quantitative estimate of drug-likeness (QED) is 0.847. The minimum absolute atomic E-state index is 0.224. The van der Waals surface area contributed by atoms with E-state index in [-0.39, 0.29) is 11.1 Å². The Kier molecular flexibility index (Phi) is 4.23. The van der Waals surface area contributed by atoms with Gasteiger partial charge in [-0.3, -0.25) is 0 Å². The lowest BCUT2D eigenvalue weighted by atomic mass is 9.93. The van der Waals surface area contributed by atoms with Crippen molar-refractivity contribution in [2.75, 3.05) is 6.26 Å². The fourth-order valence-electron chi connectivity index (χ4n) is 2.13. The van der Waals surface area contributed by atoms with E-state index in [1.807, 2.05) is 24.3 Å². The predicted molar refractivity (Wildman–Crippen MR) is 76.2 cm³/mol. The molecule has 0 aliphatic carbocycles. The van der Waals surface area contributed by atoms with Crippen LogP contribution in [-0.4, -0.2) is 24.9 Å². The molecule has 108 valence electrons. The van der Waals surface area contributed by atoms with Crippen LogP contribution in [0.4, 0.5) is 0 Å². The topological polar surface area (TPSA) is 73.1 Å². The fraction of sp³-hybridized carbons (Fsp3) is 0.429. The summed E-state index contributed by atoms with van der Waals surface area (Å²) in [5, 5.41) is 6.97. The molecule has 0 N–H and O–H groups in total. The standard InChI is InChI=1S/C14H18N2O3S/c1-4-10(5-2)11-6-8-12(9-7-11)13-15-16-14(19-13)20(3,17)18/h6-10H,4-5H2,1-3H3. The molecule has 20 heavy (non-hydrogen) atoms. The third-order valence-corrected chi connectivity index (χ3v) is 4.14. The van der Waals surface area contributed by atoms with Crippen LogP contribution in [0.2, 0.25) is 0 Å². The van der Waals surface area contributed by atoms with Crippen molar-refractivity contribution in [3.63, 3.8) is 0 Å². The van der Waals surface area contributed by atoms with Gasteiger partial charge in [-0.2, -0.15) is 0 Å². The molecule has 1 heterocycles. The lowest BCUT2D eigenvalue weighted by Gasteiger charge is -2.12. The number of hydrogen-bond donors (Lipinski definition) is 0. The Morgan fingerprint density at radius 3 is 2.15 bits per heavy atom. The molecule has 2 rings (SSSR count). The highest BCUT2D eigenvalue weighted by molar-refractivity contribution is 7.90. The van der Waals surface area contributed by atoms with E-state index >= 15 is 0 Å². The second kappa shape index (κ2) is 5.75. The van der Waals surface area contributed by atoms with Crippen LogP contribution >= 0.6 is 0 Å². The number of nitrogens with zero attached hydrogens (tertiary/aromatic N) is 2. The largest absolute Gasteiger partial charge is 0.408 e. The molecule has 0 atom stereocenters. The molecular formula is C14H18N2O3S. The van der Waals surface area contributed by atoms with E-state index in [1.54, 1.807) is 0 Å². The molecule has 0 aliphatic rings. The summed E-state index contributed by atoms with van der Waals surface area (Å²) in [5.41, 5.74) is 1.99. The first-order valence-electron chi connectivity index (χ1n) is 6.59. The van der Waals surface area contributed by atoms with Crippen LogP contribution in [-0.2, 0) is 9.84 Å². The summed E-state index contributed by atoms with van der Waals surface area (Å²) in [6.45, 7) is 4.33. The lowest BCUT2D eigenvalue weighted by molar-refractivity contribution is 0.442. The smallest absolute Gasteiger partial charge is 0.335 e. The summed E-state index contributed by atoms with van der Waals surface area (Å²) in [6, 6.07) is 7.81. The van der Waals surface area contributed by atoms with Gasteiger partial charge in [-0.15, -0.1) is 5.10 Å². The first-order chi connectivity index (χ1) is 9.45. The zero-order valence-corrected chi connectivity index (χ0v) is 12.6. The van der Waals surface area contributed by atoms with Crippen molar-refractivity contribution >= 4 is 9.84 Å². The van der Waals surface area contributed by atoms with E-state index in [4.69, 9.17) is 4.42 Å². The monoisotopic (exact) mass is 294 g/mol. The Morgan fingerprint density at radius 2 is 1.70 bits per heavy atom. The van der Waals surface area contributed by atoms with Gasteiger partial charge in [-0.25, -0.2) is 8.42 Å². The van der Waals surface area contributed by atoms with Crippen molar-refractivity contribution in [1.29, 1.82) is 0 Å². The summed E-state index contributed by atoms with van der Waals surface area (Å²) >= 11 is 0. The third kappa shape index (κ3) is 3.07. The third-order valence-electron chi connectivity index (χ3n) is 3.34. The van der Waals surface area contributed by atoms with Gasteiger partial charge < -0.3 is 4.42 Å². The molecule has 0 fully saturated rings. The molecule has 0 amide bonds. The Labute approximate surface area is 119 Å². The van der Waals surface area contributed by atoms with Gasteiger partial charge in [0.1, 0.15) is 0 Å². The Morgan fingerprint density at radius 1 is 1.10 bits per heavy atom. The van der Waals surface area contributed by atoms with Gasteiger partial charge in [-0.05, 0) is 36.5 Å². The highest BCUT2D eigenvalue weighted by atomic mass is 32.2. The van der Waals surface area contributed by atoms with Crippen LogP contribution in [0, 0.1) is 0 Å². The van der Waals surface area contributed by atoms with E-state index in [0.717, 1.165) is 24.7 Å². The van der Waals surface area contributed by atoms with Crippen LogP contribution in [0.25, 0.3) is 11.5 Å². The van der Waals surface area contributed by atoms with Gasteiger partial charge in [0.15, 0.2) is 0 Å². The predicted octanol–water partition coefficient (Wildman–Crippen LogP) is 3.04. The lowest BCUT2D eigenvalue weighted by Crippen LogP contribution is -1.96. The normalized spacial score (nSPS) is 12.0. The molecule has 0 aliphatic heterocycles. The van der Waals surface area contributed by atoms with Gasteiger partial charge in [0, 0.05) is 11.8 Å². The fourth-order valence-corrected chi connectivity index (χ4v) is 2.55. The van der Waals surface area contributed by atoms with E-state index in [1.165, 1.54) is 5.56 Å². The Hall–Kier alpha value is -1.69. The molecule has 0 bridgehead atoms. The van der Waals surface area contributed by atoms with Crippen molar-refractivity contribution in [2.24, 2.45) is 0 Å². The SMILES string of the molecule is CCC(CC)c1ccc(-c2nnc(S(C)(=O)=O)o2)cc1.